The van der Waals surface area contributed by atoms with Crippen LogP contribution in [-0.4, -0.2) is 12.4 Å². The van der Waals surface area contributed by atoms with Gasteiger partial charge in [0, 0.05) is 0 Å². The highest BCUT2D eigenvalue weighted by atomic mass is 19.1. The zero-order chi connectivity index (χ0) is 8.85. The maximum absolute atomic E-state index is 12.6. The second-order valence-electron chi connectivity index (χ2n) is 1.95. The highest BCUT2D eigenvalue weighted by Crippen LogP contribution is 2.09. The number of rotatable bonds is 3. The van der Waals surface area contributed by atoms with Crippen LogP contribution in [0.5, 0.6) is 0 Å². The highest BCUT2D eigenvalue weighted by molar-refractivity contribution is 5.90. The molecule has 3 nitrogen and oxygen atoms in total. The molecular weight excluding hydrogens is 151 g/mol. The first-order valence-electron chi connectivity index (χ1n) is 3.13. The topological polar surface area (TPSA) is 43.4 Å². The van der Waals surface area contributed by atoms with Crippen LogP contribution < -0.4 is 0 Å². The third-order valence-corrected chi connectivity index (χ3v) is 1.24. The van der Waals surface area contributed by atoms with E-state index >= 15 is 0 Å². The fourth-order valence-electron chi connectivity index (χ4n) is 0.425. The molecule has 0 unspecified atom stereocenters. The monoisotopic (exact) mass is 160 g/mol. The molecule has 0 aliphatic rings. The third-order valence-electron chi connectivity index (χ3n) is 1.24. The Morgan fingerprint density at radius 3 is 2.55 bits per heavy atom. The molecule has 11 heavy (non-hydrogen) atoms. The SMILES string of the molecule is CC/C(C)=C(/F)C(=O)OC=O. The first-order chi connectivity index (χ1) is 5.13. The molecule has 0 aromatic rings. The predicted molar refractivity (Wildman–Crippen MR) is 36.3 cm³/mol. The minimum Gasteiger partial charge on any atom is -0.390 e. The van der Waals surface area contributed by atoms with E-state index in [9.17, 15) is 14.0 Å². The van der Waals surface area contributed by atoms with Crippen LogP contribution >= 0.6 is 0 Å². The fraction of sp³-hybridized carbons (Fsp3) is 0.429. The van der Waals surface area contributed by atoms with Crippen molar-refractivity contribution in [1.82, 2.24) is 0 Å². The maximum atomic E-state index is 12.6. The summed E-state index contributed by atoms with van der Waals surface area (Å²) in [6.45, 7) is 3.06. The Hall–Kier alpha value is -1.19. The first kappa shape index (κ1) is 9.81. The molecule has 0 aromatic carbocycles. The molecule has 0 bridgehead atoms. The van der Waals surface area contributed by atoms with Crippen molar-refractivity contribution in [2.24, 2.45) is 0 Å². The molecule has 0 saturated heterocycles. The zero-order valence-corrected chi connectivity index (χ0v) is 6.39. The number of ether oxygens (including phenoxy) is 1. The van der Waals surface area contributed by atoms with Crippen LogP contribution in [-0.2, 0) is 14.3 Å². The Labute approximate surface area is 63.8 Å². The zero-order valence-electron chi connectivity index (χ0n) is 6.39. The summed E-state index contributed by atoms with van der Waals surface area (Å²) in [5.41, 5.74) is 0.275. The molecule has 0 atom stereocenters. The Bertz CT molecular complexity index is 196. The van der Waals surface area contributed by atoms with Gasteiger partial charge in [0.2, 0.25) is 5.83 Å². The van der Waals surface area contributed by atoms with Gasteiger partial charge in [-0.2, -0.15) is 4.39 Å². The van der Waals surface area contributed by atoms with Crippen molar-refractivity contribution in [2.45, 2.75) is 20.3 Å². The number of hydrogen-bond donors (Lipinski definition) is 0. The summed E-state index contributed by atoms with van der Waals surface area (Å²) >= 11 is 0. The molecular formula is C7H9FO3. The van der Waals surface area contributed by atoms with E-state index in [1.54, 1.807) is 6.92 Å². The molecule has 0 N–H and O–H groups in total. The van der Waals surface area contributed by atoms with E-state index in [0.717, 1.165) is 0 Å². The number of carbonyl (C=O) groups is 2. The van der Waals surface area contributed by atoms with Gasteiger partial charge in [-0.25, -0.2) is 4.79 Å². The molecule has 0 spiro atoms. The highest BCUT2D eigenvalue weighted by Gasteiger charge is 2.12. The molecule has 0 heterocycles. The Morgan fingerprint density at radius 2 is 2.18 bits per heavy atom. The van der Waals surface area contributed by atoms with E-state index in [2.05, 4.69) is 4.74 Å². The normalized spacial score (nSPS) is 11.9. The summed E-state index contributed by atoms with van der Waals surface area (Å²) < 4.78 is 16.4. The number of carbonyl (C=O) groups excluding carboxylic acids is 2. The third kappa shape index (κ3) is 2.93. The Kier molecular flexibility index (Phi) is 4.10. The van der Waals surface area contributed by atoms with Crippen molar-refractivity contribution in [3.8, 4) is 0 Å². The maximum Gasteiger partial charge on any atom is 0.374 e. The largest absolute Gasteiger partial charge is 0.390 e. The molecule has 0 saturated carbocycles. The first-order valence-corrected chi connectivity index (χ1v) is 3.13. The standard InChI is InChI=1S/C7H9FO3/c1-3-5(2)6(8)7(10)11-4-9/h4H,3H2,1-2H3/b6-5+. The smallest absolute Gasteiger partial charge is 0.374 e. The van der Waals surface area contributed by atoms with E-state index < -0.39 is 11.8 Å². The number of allylic oxidation sites excluding steroid dienone is 1. The molecule has 0 aromatic heterocycles. The average Bonchev–Trinajstić information content (AvgIpc) is 2.02. The van der Waals surface area contributed by atoms with Crippen molar-refractivity contribution in [3.63, 3.8) is 0 Å². The van der Waals surface area contributed by atoms with Crippen molar-refractivity contribution >= 4 is 12.4 Å². The van der Waals surface area contributed by atoms with Gasteiger partial charge >= 0.3 is 12.4 Å². The molecule has 62 valence electrons. The Balaban J connectivity index is 4.33. The summed E-state index contributed by atoms with van der Waals surface area (Å²) in [4.78, 5) is 20.1. The van der Waals surface area contributed by atoms with Gasteiger partial charge in [0.25, 0.3) is 0 Å². The van der Waals surface area contributed by atoms with Crippen molar-refractivity contribution in [3.05, 3.63) is 11.4 Å². The lowest BCUT2D eigenvalue weighted by Crippen LogP contribution is -2.04. The van der Waals surface area contributed by atoms with Crippen molar-refractivity contribution in [2.75, 3.05) is 0 Å². The second-order valence-corrected chi connectivity index (χ2v) is 1.95. The van der Waals surface area contributed by atoms with Gasteiger partial charge in [0.05, 0.1) is 0 Å². The summed E-state index contributed by atoms with van der Waals surface area (Å²) in [7, 11) is 0. The van der Waals surface area contributed by atoms with Crippen molar-refractivity contribution < 1.29 is 18.7 Å². The molecule has 0 amide bonds. The minimum absolute atomic E-state index is 0.0924. The fourth-order valence-corrected chi connectivity index (χ4v) is 0.425. The summed E-state index contributed by atoms with van der Waals surface area (Å²) in [6, 6.07) is 0. The minimum atomic E-state index is -1.22. The van der Waals surface area contributed by atoms with Crippen LogP contribution in [0.25, 0.3) is 0 Å². The Morgan fingerprint density at radius 1 is 1.64 bits per heavy atom. The van der Waals surface area contributed by atoms with Crippen LogP contribution in [0.3, 0.4) is 0 Å². The van der Waals surface area contributed by atoms with Crippen LogP contribution in [0.1, 0.15) is 20.3 Å². The molecule has 4 heteroatoms. The molecule has 0 radical (unpaired) electrons. The average molecular weight is 160 g/mol. The van der Waals surface area contributed by atoms with Gasteiger partial charge in [-0.3, -0.25) is 4.79 Å². The van der Waals surface area contributed by atoms with Gasteiger partial charge in [-0.15, -0.1) is 0 Å². The predicted octanol–water partition coefficient (Wildman–Crippen LogP) is 1.34. The lowest BCUT2D eigenvalue weighted by Gasteiger charge is -1.96. The molecule has 0 aliphatic heterocycles. The van der Waals surface area contributed by atoms with Crippen molar-refractivity contribution in [1.29, 1.82) is 0 Å². The summed E-state index contributed by atoms with van der Waals surface area (Å²) in [5, 5.41) is 0. The summed E-state index contributed by atoms with van der Waals surface area (Å²) in [6.07, 6.45) is 0.416. The van der Waals surface area contributed by atoms with Gasteiger partial charge in [-0.05, 0) is 18.9 Å². The van der Waals surface area contributed by atoms with E-state index in [1.165, 1.54) is 6.92 Å². The molecule has 0 rings (SSSR count). The van der Waals surface area contributed by atoms with Crippen LogP contribution in [0, 0.1) is 0 Å². The van der Waals surface area contributed by atoms with E-state index in [0.29, 0.717) is 6.42 Å². The van der Waals surface area contributed by atoms with E-state index in [1.807, 2.05) is 0 Å². The molecule has 0 aliphatic carbocycles. The van der Waals surface area contributed by atoms with Gasteiger partial charge < -0.3 is 4.74 Å². The van der Waals surface area contributed by atoms with Gasteiger partial charge in [-0.1, -0.05) is 6.92 Å². The lowest BCUT2D eigenvalue weighted by molar-refractivity contribution is -0.149. The van der Waals surface area contributed by atoms with Gasteiger partial charge in [0.15, 0.2) is 0 Å². The lowest BCUT2D eigenvalue weighted by atomic mass is 10.2. The van der Waals surface area contributed by atoms with Crippen LogP contribution in [0.2, 0.25) is 0 Å². The van der Waals surface area contributed by atoms with Crippen LogP contribution in [0.15, 0.2) is 11.4 Å². The van der Waals surface area contributed by atoms with Gasteiger partial charge in [0.1, 0.15) is 0 Å². The summed E-state index contributed by atoms with van der Waals surface area (Å²) in [5.74, 6) is -2.21. The number of halogens is 1. The van der Waals surface area contributed by atoms with E-state index in [4.69, 9.17) is 0 Å². The second kappa shape index (κ2) is 4.60. The van der Waals surface area contributed by atoms with E-state index in [-0.39, 0.29) is 12.0 Å². The number of hydrogen-bond acceptors (Lipinski definition) is 3. The molecule has 0 fully saturated rings. The number of esters is 1. The quantitative estimate of drug-likeness (QED) is 0.271. The van der Waals surface area contributed by atoms with Crippen LogP contribution in [0.4, 0.5) is 4.39 Å².